The van der Waals surface area contributed by atoms with Gasteiger partial charge in [0.05, 0.1) is 0 Å². The number of hydrogen-bond donors (Lipinski definition) is 3. The van der Waals surface area contributed by atoms with Crippen LogP contribution in [0.3, 0.4) is 0 Å². The van der Waals surface area contributed by atoms with Gasteiger partial charge in [-0.1, -0.05) is 29.2 Å². The summed E-state index contributed by atoms with van der Waals surface area (Å²) in [5.74, 6) is 0.446. The Hall–Kier alpha value is -3.37. The Morgan fingerprint density at radius 1 is 1.19 bits per heavy atom. The summed E-state index contributed by atoms with van der Waals surface area (Å²) in [6.45, 7) is 3.17. The standard InChI is InChI=1S/C21H18N4O4S2/c1-11-17(27)7-6-16-13(8-18(28)29-19(11)16)10-30-21-25-24-20(31-21)23-15-5-3-4-14(9-15)22-12(2)26/h3-9,27H,10H2,1-2H3,(H,22,26)(H,23,24). The third-order valence-corrected chi connectivity index (χ3v) is 6.43. The molecule has 0 aliphatic carbocycles. The molecule has 0 spiro atoms. The normalized spacial score (nSPS) is 10.9. The fourth-order valence-electron chi connectivity index (χ4n) is 2.99. The van der Waals surface area contributed by atoms with Crippen LogP contribution >= 0.6 is 23.1 Å². The Morgan fingerprint density at radius 3 is 2.81 bits per heavy atom. The van der Waals surface area contributed by atoms with Gasteiger partial charge in [0.2, 0.25) is 11.0 Å². The summed E-state index contributed by atoms with van der Waals surface area (Å²) in [4.78, 5) is 23.2. The third kappa shape index (κ3) is 4.86. The lowest BCUT2D eigenvalue weighted by molar-refractivity contribution is -0.114. The van der Waals surface area contributed by atoms with Gasteiger partial charge < -0.3 is 20.2 Å². The molecule has 8 nitrogen and oxygen atoms in total. The Morgan fingerprint density at radius 2 is 2.00 bits per heavy atom. The quantitative estimate of drug-likeness (QED) is 0.285. The molecule has 10 heteroatoms. The minimum Gasteiger partial charge on any atom is -0.508 e. The van der Waals surface area contributed by atoms with E-state index in [0.29, 0.717) is 27.7 Å². The van der Waals surface area contributed by atoms with Crippen LogP contribution in [-0.4, -0.2) is 21.2 Å². The van der Waals surface area contributed by atoms with Crippen molar-refractivity contribution in [2.45, 2.75) is 23.9 Å². The second-order valence-electron chi connectivity index (χ2n) is 6.73. The molecule has 0 saturated carbocycles. The molecular formula is C21H18N4O4S2. The van der Waals surface area contributed by atoms with Crippen molar-refractivity contribution in [1.82, 2.24) is 10.2 Å². The van der Waals surface area contributed by atoms with Crippen molar-refractivity contribution in [3.8, 4) is 5.75 Å². The van der Waals surface area contributed by atoms with Crippen LogP contribution in [-0.2, 0) is 10.5 Å². The van der Waals surface area contributed by atoms with Crippen LogP contribution in [0.25, 0.3) is 11.0 Å². The number of benzene rings is 2. The first-order chi connectivity index (χ1) is 14.9. The molecule has 0 unspecified atom stereocenters. The highest BCUT2D eigenvalue weighted by Gasteiger charge is 2.12. The van der Waals surface area contributed by atoms with E-state index in [1.807, 2.05) is 18.2 Å². The summed E-state index contributed by atoms with van der Waals surface area (Å²) >= 11 is 2.84. The Labute approximate surface area is 185 Å². The molecule has 0 atom stereocenters. The Kier molecular flexibility index (Phi) is 5.92. The summed E-state index contributed by atoms with van der Waals surface area (Å²) in [7, 11) is 0. The fourth-order valence-corrected chi connectivity index (χ4v) is 4.76. The molecule has 4 rings (SSSR count). The molecule has 0 saturated heterocycles. The summed E-state index contributed by atoms with van der Waals surface area (Å²) < 4.78 is 6.02. The van der Waals surface area contributed by atoms with Crippen molar-refractivity contribution in [2.75, 3.05) is 10.6 Å². The van der Waals surface area contributed by atoms with Crippen molar-refractivity contribution in [2.24, 2.45) is 0 Å². The first-order valence-electron chi connectivity index (χ1n) is 9.25. The van der Waals surface area contributed by atoms with E-state index < -0.39 is 5.63 Å². The van der Waals surface area contributed by atoms with Crippen molar-refractivity contribution < 1.29 is 14.3 Å². The largest absolute Gasteiger partial charge is 0.508 e. The summed E-state index contributed by atoms with van der Waals surface area (Å²) in [6.07, 6.45) is 0. The van der Waals surface area contributed by atoms with Gasteiger partial charge in [0.25, 0.3) is 0 Å². The predicted octanol–water partition coefficient (Wildman–Crippen LogP) is 4.65. The van der Waals surface area contributed by atoms with Crippen LogP contribution in [0.1, 0.15) is 18.1 Å². The van der Waals surface area contributed by atoms with Crippen LogP contribution in [0, 0.1) is 6.92 Å². The van der Waals surface area contributed by atoms with Crippen molar-refractivity contribution in [3.63, 3.8) is 0 Å². The molecule has 1 amide bonds. The SMILES string of the molecule is CC(=O)Nc1cccc(Nc2nnc(SCc3cc(=O)oc4c(C)c(O)ccc34)s2)c1. The zero-order chi connectivity index (χ0) is 22.0. The zero-order valence-corrected chi connectivity index (χ0v) is 18.3. The molecule has 4 aromatic rings. The van der Waals surface area contributed by atoms with Gasteiger partial charge in [0.15, 0.2) is 4.34 Å². The fraction of sp³-hybridized carbons (Fsp3) is 0.143. The number of thioether (sulfide) groups is 1. The van der Waals surface area contributed by atoms with E-state index in [1.54, 1.807) is 25.1 Å². The number of aromatic nitrogens is 2. The number of anilines is 3. The number of rotatable bonds is 6. The minimum absolute atomic E-state index is 0.0860. The Bertz CT molecular complexity index is 1330. The second kappa shape index (κ2) is 8.78. The number of carbonyl (C=O) groups excluding carboxylic acids is 1. The molecule has 2 aromatic heterocycles. The molecule has 0 aliphatic heterocycles. The summed E-state index contributed by atoms with van der Waals surface area (Å²) in [6, 6.07) is 12.1. The van der Waals surface area contributed by atoms with Gasteiger partial charge in [-0.3, -0.25) is 4.79 Å². The lowest BCUT2D eigenvalue weighted by Crippen LogP contribution is -2.05. The van der Waals surface area contributed by atoms with Crippen LogP contribution < -0.4 is 16.3 Å². The maximum atomic E-state index is 12.0. The van der Waals surface area contributed by atoms with Gasteiger partial charge in [-0.15, -0.1) is 10.2 Å². The predicted molar refractivity (Wildman–Crippen MR) is 122 cm³/mol. The van der Waals surface area contributed by atoms with Gasteiger partial charge in [-0.2, -0.15) is 0 Å². The van der Waals surface area contributed by atoms with Crippen molar-refractivity contribution in [3.05, 3.63) is 64.0 Å². The molecule has 158 valence electrons. The number of phenols is 1. The third-order valence-electron chi connectivity index (χ3n) is 4.41. The van der Waals surface area contributed by atoms with E-state index in [2.05, 4.69) is 20.8 Å². The zero-order valence-electron chi connectivity index (χ0n) is 16.6. The van der Waals surface area contributed by atoms with E-state index in [-0.39, 0.29) is 11.7 Å². The van der Waals surface area contributed by atoms with E-state index in [4.69, 9.17) is 4.42 Å². The van der Waals surface area contributed by atoms with Crippen LogP contribution in [0.2, 0.25) is 0 Å². The van der Waals surface area contributed by atoms with Gasteiger partial charge in [0, 0.05) is 41.1 Å². The molecule has 0 bridgehead atoms. The maximum Gasteiger partial charge on any atom is 0.336 e. The van der Waals surface area contributed by atoms with Crippen molar-refractivity contribution in [1.29, 1.82) is 0 Å². The molecule has 2 heterocycles. The number of amides is 1. The lowest BCUT2D eigenvalue weighted by Gasteiger charge is -2.07. The minimum atomic E-state index is -0.463. The smallest absolute Gasteiger partial charge is 0.336 e. The molecular weight excluding hydrogens is 436 g/mol. The first-order valence-corrected chi connectivity index (χ1v) is 11.1. The monoisotopic (exact) mass is 454 g/mol. The van der Waals surface area contributed by atoms with E-state index >= 15 is 0 Å². The second-order valence-corrected chi connectivity index (χ2v) is 8.93. The number of aromatic hydroxyl groups is 1. The summed E-state index contributed by atoms with van der Waals surface area (Å²) in [5, 5.41) is 25.5. The van der Waals surface area contributed by atoms with E-state index in [1.165, 1.54) is 36.1 Å². The lowest BCUT2D eigenvalue weighted by atomic mass is 10.1. The van der Waals surface area contributed by atoms with Crippen LogP contribution in [0.4, 0.5) is 16.5 Å². The van der Waals surface area contributed by atoms with Gasteiger partial charge in [-0.25, -0.2) is 4.79 Å². The number of phenolic OH excluding ortho intramolecular Hbond substituents is 1. The number of aryl methyl sites for hydroxylation is 1. The number of carbonyl (C=O) groups is 1. The van der Waals surface area contributed by atoms with Crippen LogP contribution in [0.5, 0.6) is 5.75 Å². The number of nitrogens with one attached hydrogen (secondary N) is 2. The molecule has 31 heavy (non-hydrogen) atoms. The molecule has 3 N–H and O–H groups in total. The average molecular weight is 455 g/mol. The highest BCUT2D eigenvalue weighted by atomic mass is 32.2. The van der Waals surface area contributed by atoms with Crippen LogP contribution in [0.15, 0.2) is 56.0 Å². The highest BCUT2D eigenvalue weighted by Crippen LogP contribution is 2.33. The molecule has 0 radical (unpaired) electrons. The molecule has 2 aromatic carbocycles. The average Bonchev–Trinajstić information content (AvgIpc) is 3.16. The van der Waals surface area contributed by atoms with E-state index in [9.17, 15) is 14.7 Å². The van der Waals surface area contributed by atoms with Gasteiger partial charge >= 0.3 is 5.63 Å². The van der Waals surface area contributed by atoms with Crippen molar-refractivity contribution >= 4 is 56.5 Å². The number of hydrogen-bond acceptors (Lipinski definition) is 9. The topological polar surface area (TPSA) is 117 Å². The summed E-state index contributed by atoms with van der Waals surface area (Å²) in [5.41, 5.74) is 2.73. The molecule has 0 aliphatic rings. The van der Waals surface area contributed by atoms with Gasteiger partial charge in [-0.05, 0) is 42.8 Å². The Balaban J connectivity index is 1.49. The van der Waals surface area contributed by atoms with Gasteiger partial charge in [0.1, 0.15) is 11.3 Å². The molecule has 0 fully saturated rings. The first kappa shape index (κ1) is 20.9. The number of fused-ring (bicyclic) bond motifs is 1. The number of nitrogens with zero attached hydrogens (tertiary/aromatic N) is 2. The maximum absolute atomic E-state index is 12.0. The van der Waals surface area contributed by atoms with E-state index in [0.717, 1.165) is 21.0 Å². The highest BCUT2D eigenvalue weighted by molar-refractivity contribution is 8.00.